The van der Waals surface area contributed by atoms with E-state index in [0.29, 0.717) is 0 Å². The lowest BCUT2D eigenvalue weighted by Crippen LogP contribution is -2.50. The summed E-state index contributed by atoms with van der Waals surface area (Å²) >= 11 is 0. The lowest BCUT2D eigenvalue weighted by atomic mass is 9.98. The first-order valence-electron chi connectivity index (χ1n) is 9.26. The largest absolute Gasteiger partial charge is 0.480 e. The molecular weight excluding hydrogens is 374 g/mol. The highest BCUT2D eigenvalue weighted by Gasteiger charge is 2.29. The van der Waals surface area contributed by atoms with Gasteiger partial charge < -0.3 is 26.2 Å². The predicted molar refractivity (Wildman–Crippen MR) is 106 cm³/mol. The van der Waals surface area contributed by atoms with Gasteiger partial charge in [-0.1, -0.05) is 48.5 Å². The van der Waals surface area contributed by atoms with E-state index in [1.807, 2.05) is 48.5 Å². The van der Waals surface area contributed by atoms with Crippen LogP contribution in [-0.4, -0.2) is 48.3 Å². The summed E-state index contributed by atoms with van der Waals surface area (Å²) in [6, 6.07) is 13.7. The first kappa shape index (κ1) is 20.3. The molecule has 0 saturated carbocycles. The average molecular weight is 397 g/mol. The van der Waals surface area contributed by atoms with Crippen LogP contribution in [0.5, 0.6) is 0 Å². The van der Waals surface area contributed by atoms with E-state index in [9.17, 15) is 19.5 Å². The highest BCUT2D eigenvalue weighted by Crippen LogP contribution is 2.44. The minimum Gasteiger partial charge on any atom is -0.480 e. The Labute approximate surface area is 168 Å². The van der Waals surface area contributed by atoms with Crippen LogP contribution in [0.15, 0.2) is 48.5 Å². The quantitative estimate of drug-likeness (QED) is 0.559. The first-order valence-corrected chi connectivity index (χ1v) is 9.26. The fraction of sp³-hybridized carbons (Fsp3) is 0.286. The fourth-order valence-corrected chi connectivity index (χ4v) is 3.35. The molecule has 0 unspecified atom stereocenters. The third-order valence-electron chi connectivity index (χ3n) is 4.83. The zero-order valence-corrected chi connectivity index (χ0v) is 15.9. The molecule has 0 fully saturated rings. The number of benzene rings is 2. The Bertz CT molecular complexity index is 883. The summed E-state index contributed by atoms with van der Waals surface area (Å²) in [6.07, 6.45) is -0.866. The summed E-state index contributed by atoms with van der Waals surface area (Å²) < 4.78 is 5.32. The van der Waals surface area contributed by atoms with Crippen LogP contribution < -0.4 is 16.4 Å². The van der Waals surface area contributed by atoms with Crippen molar-refractivity contribution in [3.63, 3.8) is 0 Å². The van der Waals surface area contributed by atoms with Crippen molar-refractivity contribution in [2.45, 2.75) is 24.9 Å². The van der Waals surface area contributed by atoms with Crippen molar-refractivity contribution in [2.24, 2.45) is 5.73 Å². The van der Waals surface area contributed by atoms with Gasteiger partial charge in [-0.15, -0.1) is 0 Å². The molecule has 152 valence electrons. The maximum absolute atomic E-state index is 12.2. The highest BCUT2D eigenvalue weighted by molar-refractivity contribution is 5.84. The molecule has 0 radical (unpaired) electrons. The van der Waals surface area contributed by atoms with Crippen molar-refractivity contribution in [3.05, 3.63) is 59.7 Å². The average Bonchev–Trinajstić information content (AvgIpc) is 3.03. The van der Waals surface area contributed by atoms with Crippen LogP contribution in [0.1, 0.15) is 24.0 Å². The Balaban J connectivity index is 1.63. The number of nitrogens with one attached hydrogen (secondary N) is 2. The summed E-state index contributed by atoms with van der Waals surface area (Å²) in [5, 5.41) is 13.9. The molecule has 2 amide bonds. The number of carbonyl (C=O) groups is 3. The van der Waals surface area contributed by atoms with Gasteiger partial charge in [-0.2, -0.15) is 0 Å². The van der Waals surface area contributed by atoms with E-state index < -0.39 is 30.1 Å². The summed E-state index contributed by atoms with van der Waals surface area (Å²) in [5.74, 6) is -1.93. The molecule has 29 heavy (non-hydrogen) atoms. The molecule has 8 heteroatoms. The Morgan fingerprint density at radius 1 is 1.07 bits per heavy atom. The van der Waals surface area contributed by atoms with E-state index >= 15 is 0 Å². The highest BCUT2D eigenvalue weighted by atomic mass is 16.5. The van der Waals surface area contributed by atoms with Crippen LogP contribution in [0.2, 0.25) is 0 Å². The SMILES string of the molecule is C[C@@H](N)C(=O)NC[C@H](NC(=O)OCC1c2ccccc2-c2ccccc21)C(=O)O. The molecule has 8 nitrogen and oxygen atoms in total. The number of rotatable bonds is 7. The normalized spacial score (nSPS) is 14.3. The number of ether oxygens (including phenoxy) is 1. The van der Waals surface area contributed by atoms with Crippen LogP contribution in [0.25, 0.3) is 11.1 Å². The van der Waals surface area contributed by atoms with Gasteiger partial charge in [0.2, 0.25) is 5.91 Å². The van der Waals surface area contributed by atoms with Crippen LogP contribution in [0.4, 0.5) is 4.79 Å². The number of fused-ring (bicyclic) bond motifs is 3. The van der Waals surface area contributed by atoms with Crippen LogP contribution in [-0.2, 0) is 14.3 Å². The predicted octanol–water partition coefficient (Wildman–Crippen LogP) is 1.44. The molecule has 0 aliphatic heterocycles. The fourth-order valence-electron chi connectivity index (χ4n) is 3.35. The third kappa shape index (κ3) is 4.55. The smallest absolute Gasteiger partial charge is 0.407 e. The second-order valence-electron chi connectivity index (χ2n) is 6.89. The number of nitrogens with two attached hydrogens (primary N) is 1. The Kier molecular flexibility index (Phi) is 6.13. The van der Waals surface area contributed by atoms with Crippen molar-refractivity contribution >= 4 is 18.0 Å². The Morgan fingerprint density at radius 2 is 1.62 bits per heavy atom. The van der Waals surface area contributed by atoms with Crippen LogP contribution in [0.3, 0.4) is 0 Å². The number of carboxylic acids is 1. The van der Waals surface area contributed by atoms with Gasteiger partial charge in [0, 0.05) is 12.5 Å². The molecule has 0 spiro atoms. The standard InChI is InChI=1S/C21H23N3O5/c1-12(22)19(25)23-10-18(20(26)27)24-21(28)29-11-17-15-8-4-2-6-13(15)14-7-3-5-9-16(14)17/h2-9,12,17-18H,10-11,22H2,1H3,(H,23,25)(H,24,28)(H,26,27)/t12-,18+/m1/s1. The Morgan fingerprint density at radius 3 is 2.14 bits per heavy atom. The van der Waals surface area contributed by atoms with Crippen LogP contribution >= 0.6 is 0 Å². The van der Waals surface area contributed by atoms with E-state index in [0.717, 1.165) is 22.3 Å². The molecule has 2 atom stereocenters. The van der Waals surface area contributed by atoms with E-state index in [1.165, 1.54) is 6.92 Å². The van der Waals surface area contributed by atoms with E-state index in [4.69, 9.17) is 10.5 Å². The molecule has 2 aromatic carbocycles. The van der Waals surface area contributed by atoms with Crippen molar-refractivity contribution in [1.29, 1.82) is 0 Å². The van der Waals surface area contributed by atoms with Gasteiger partial charge in [0.25, 0.3) is 0 Å². The summed E-state index contributed by atoms with van der Waals surface area (Å²) in [4.78, 5) is 35.1. The number of alkyl carbamates (subject to hydrolysis) is 1. The van der Waals surface area contributed by atoms with Gasteiger partial charge in [-0.05, 0) is 29.2 Å². The van der Waals surface area contributed by atoms with E-state index in [2.05, 4.69) is 10.6 Å². The van der Waals surface area contributed by atoms with E-state index in [1.54, 1.807) is 0 Å². The molecule has 2 aromatic rings. The minimum absolute atomic E-state index is 0.0678. The van der Waals surface area contributed by atoms with Crippen molar-refractivity contribution in [1.82, 2.24) is 10.6 Å². The summed E-state index contributed by atoms with van der Waals surface area (Å²) in [6.45, 7) is 1.25. The van der Waals surface area contributed by atoms with Gasteiger partial charge in [0.15, 0.2) is 0 Å². The maximum Gasteiger partial charge on any atom is 0.407 e. The molecule has 1 aliphatic carbocycles. The number of hydrogen-bond acceptors (Lipinski definition) is 5. The number of carboxylic acid groups (broad SMARTS) is 1. The number of amides is 2. The number of hydrogen-bond donors (Lipinski definition) is 4. The Hall–Kier alpha value is -3.39. The molecule has 3 rings (SSSR count). The monoisotopic (exact) mass is 397 g/mol. The molecule has 1 aliphatic rings. The van der Waals surface area contributed by atoms with Crippen LogP contribution in [0, 0.1) is 0 Å². The molecule has 5 N–H and O–H groups in total. The molecular formula is C21H23N3O5. The van der Waals surface area contributed by atoms with Crippen molar-refractivity contribution in [2.75, 3.05) is 13.2 Å². The second kappa shape index (κ2) is 8.74. The molecule has 0 saturated heterocycles. The second-order valence-corrected chi connectivity index (χ2v) is 6.89. The zero-order valence-electron chi connectivity index (χ0n) is 15.9. The lowest BCUT2D eigenvalue weighted by Gasteiger charge is -2.18. The van der Waals surface area contributed by atoms with Crippen molar-refractivity contribution < 1.29 is 24.2 Å². The topological polar surface area (TPSA) is 131 Å². The minimum atomic E-state index is -1.33. The first-order chi connectivity index (χ1) is 13.9. The van der Waals surface area contributed by atoms with E-state index in [-0.39, 0.29) is 19.1 Å². The maximum atomic E-state index is 12.2. The summed E-state index contributed by atoms with van der Waals surface area (Å²) in [5.41, 5.74) is 9.73. The van der Waals surface area contributed by atoms with Gasteiger partial charge in [0.05, 0.1) is 6.04 Å². The summed E-state index contributed by atoms with van der Waals surface area (Å²) in [7, 11) is 0. The lowest BCUT2D eigenvalue weighted by molar-refractivity contribution is -0.139. The molecule has 0 aromatic heterocycles. The van der Waals surface area contributed by atoms with Gasteiger partial charge in [-0.25, -0.2) is 9.59 Å². The van der Waals surface area contributed by atoms with Gasteiger partial charge in [0.1, 0.15) is 12.6 Å². The van der Waals surface area contributed by atoms with Gasteiger partial charge >= 0.3 is 12.1 Å². The number of carbonyl (C=O) groups excluding carboxylic acids is 2. The van der Waals surface area contributed by atoms with Gasteiger partial charge in [-0.3, -0.25) is 4.79 Å². The van der Waals surface area contributed by atoms with Crippen molar-refractivity contribution in [3.8, 4) is 11.1 Å². The number of aliphatic carboxylic acids is 1. The molecule has 0 heterocycles. The third-order valence-corrected chi connectivity index (χ3v) is 4.83. The molecule has 0 bridgehead atoms. The zero-order chi connectivity index (χ0) is 21.0.